The molecule has 1 aromatic heterocycles. The third kappa shape index (κ3) is 4.60. The van der Waals surface area contributed by atoms with E-state index >= 15 is 0 Å². The molecule has 0 bridgehead atoms. The highest BCUT2D eigenvalue weighted by Gasteiger charge is 2.09. The van der Waals surface area contributed by atoms with Gasteiger partial charge in [0.15, 0.2) is 11.5 Å². The molecule has 22 heavy (non-hydrogen) atoms. The number of pyridine rings is 1. The lowest BCUT2D eigenvalue weighted by atomic mass is 10.1. The van der Waals surface area contributed by atoms with Gasteiger partial charge in [0.1, 0.15) is 5.88 Å². The molecule has 0 aliphatic carbocycles. The predicted octanol–water partition coefficient (Wildman–Crippen LogP) is 3.79. The van der Waals surface area contributed by atoms with Crippen molar-refractivity contribution in [2.75, 3.05) is 12.5 Å². The van der Waals surface area contributed by atoms with Crippen LogP contribution in [-0.2, 0) is 4.79 Å². The van der Waals surface area contributed by atoms with E-state index in [0.717, 1.165) is 11.3 Å². The predicted molar refractivity (Wildman–Crippen MR) is 87.1 cm³/mol. The fourth-order valence-electron chi connectivity index (χ4n) is 1.79. The first-order chi connectivity index (χ1) is 10.7. The van der Waals surface area contributed by atoms with Crippen LogP contribution in [0.1, 0.15) is 18.2 Å². The number of aromatic nitrogens is 1. The van der Waals surface area contributed by atoms with Gasteiger partial charge in [0.05, 0.1) is 12.3 Å². The van der Waals surface area contributed by atoms with Crippen LogP contribution in [0, 0.1) is 0 Å². The molecular weight excluding hydrogens is 302 g/mol. The Hall–Kier alpha value is -2.33. The van der Waals surface area contributed by atoms with Crippen molar-refractivity contribution in [1.29, 1.82) is 0 Å². The minimum absolute atomic E-state index is 0.201. The van der Waals surface area contributed by atoms with Gasteiger partial charge in [0.2, 0.25) is 0 Å². The Morgan fingerprint density at radius 2 is 2.09 bits per heavy atom. The van der Waals surface area contributed by atoms with E-state index in [1.807, 2.05) is 43.3 Å². The smallest absolute Gasteiger partial charge is 0.326 e. The molecule has 0 unspecified atom stereocenters. The molecule has 0 saturated heterocycles. The van der Waals surface area contributed by atoms with Crippen LogP contribution in [0.3, 0.4) is 0 Å². The van der Waals surface area contributed by atoms with Crippen LogP contribution in [0.15, 0.2) is 42.6 Å². The second-order valence-corrected chi connectivity index (χ2v) is 4.60. The molecule has 0 spiro atoms. The molecule has 2 rings (SSSR count). The maximum absolute atomic E-state index is 11.3. The van der Waals surface area contributed by atoms with Crippen molar-refractivity contribution in [2.24, 2.45) is 0 Å². The van der Waals surface area contributed by atoms with Crippen LogP contribution in [0.2, 0.25) is 0 Å². The van der Waals surface area contributed by atoms with Gasteiger partial charge >= 0.3 is 5.97 Å². The molecule has 4 nitrogen and oxygen atoms in total. The number of rotatable bonds is 6. The van der Waals surface area contributed by atoms with Crippen molar-refractivity contribution in [3.8, 4) is 11.5 Å². The number of carbonyl (C=O) groups is 1. The van der Waals surface area contributed by atoms with Crippen LogP contribution < -0.4 is 9.47 Å². The standard InChI is InChI=1S/C17H16ClNO3/c1-2-21-16-11-13(6-8-14-5-3-4-10-19-14)7-9-15(16)22-17(20)12-18/h3-11H,2,12H2,1H3/b8-6+. The number of hydrogen-bond acceptors (Lipinski definition) is 4. The Balaban J connectivity index is 2.21. The van der Waals surface area contributed by atoms with Gasteiger partial charge < -0.3 is 9.47 Å². The minimum Gasteiger partial charge on any atom is -0.490 e. The summed E-state index contributed by atoms with van der Waals surface area (Å²) >= 11 is 5.45. The van der Waals surface area contributed by atoms with E-state index < -0.39 is 5.97 Å². The lowest BCUT2D eigenvalue weighted by Gasteiger charge is -2.10. The number of hydrogen-bond donors (Lipinski definition) is 0. The Morgan fingerprint density at radius 3 is 2.77 bits per heavy atom. The highest BCUT2D eigenvalue weighted by Crippen LogP contribution is 2.29. The fourth-order valence-corrected chi connectivity index (χ4v) is 1.84. The summed E-state index contributed by atoms with van der Waals surface area (Å²) in [6, 6.07) is 11.0. The molecule has 0 radical (unpaired) electrons. The second kappa shape index (κ2) is 8.20. The highest BCUT2D eigenvalue weighted by molar-refractivity contribution is 6.26. The third-order valence-corrected chi connectivity index (χ3v) is 2.95. The van der Waals surface area contributed by atoms with E-state index in [1.54, 1.807) is 18.3 Å². The zero-order valence-electron chi connectivity index (χ0n) is 12.2. The molecule has 114 valence electrons. The van der Waals surface area contributed by atoms with Gasteiger partial charge in [-0.05, 0) is 42.8 Å². The van der Waals surface area contributed by atoms with Crippen LogP contribution in [-0.4, -0.2) is 23.4 Å². The Kier molecular flexibility index (Phi) is 5.98. The molecular formula is C17H16ClNO3. The number of esters is 1. The summed E-state index contributed by atoms with van der Waals surface area (Å²) < 4.78 is 10.6. The number of carbonyl (C=O) groups excluding carboxylic acids is 1. The minimum atomic E-state index is -0.514. The van der Waals surface area contributed by atoms with Crippen LogP contribution in [0.4, 0.5) is 0 Å². The molecule has 0 atom stereocenters. The third-order valence-electron chi connectivity index (χ3n) is 2.73. The molecule has 1 aromatic carbocycles. The number of ether oxygens (including phenoxy) is 2. The van der Waals surface area contributed by atoms with Gasteiger partial charge in [-0.25, -0.2) is 0 Å². The van der Waals surface area contributed by atoms with E-state index in [-0.39, 0.29) is 5.88 Å². The van der Waals surface area contributed by atoms with Gasteiger partial charge in [-0.15, -0.1) is 11.6 Å². The second-order valence-electron chi connectivity index (χ2n) is 4.33. The van der Waals surface area contributed by atoms with Gasteiger partial charge in [0.25, 0.3) is 0 Å². The molecule has 0 amide bonds. The molecule has 1 heterocycles. The number of halogens is 1. The summed E-state index contributed by atoms with van der Waals surface area (Å²) in [5.74, 6) is 0.151. The summed E-state index contributed by atoms with van der Waals surface area (Å²) in [6.45, 7) is 2.34. The van der Waals surface area contributed by atoms with Crippen molar-refractivity contribution >= 4 is 29.7 Å². The van der Waals surface area contributed by atoms with E-state index in [4.69, 9.17) is 21.1 Å². The zero-order valence-corrected chi connectivity index (χ0v) is 12.9. The van der Waals surface area contributed by atoms with Crippen LogP contribution in [0.25, 0.3) is 12.2 Å². The monoisotopic (exact) mass is 317 g/mol. The van der Waals surface area contributed by atoms with Crippen LogP contribution in [0.5, 0.6) is 11.5 Å². The van der Waals surface area contributed by atoms with Gasteiger partial charge in [-0.1, -0.05) is 18.2 Å². The quantitative estimate of drug-likeness (QED) is 0.462. The summed E-state index contributed by atoms with van der Waals surface area (Å²) in [4.78, 5) is 15.5. The lowest BCUT2D eigenvalue weighted by molar-refractivity contribution is -0.131. The highest BCUT2D eigenvalue weighted by atomic mass is 35.5. The van der Waals surface area contributed by atoms with Crippen molar-refractivity contribution in [2.45, 2.75) is 6.92 Å². The fraction of sp³-hybridized carbons (Fsp3) is 0.176. The average molecular weight is 318 g/mol. The van der Waals surface area contributed by atoms with Gasteiger partial charge in [-0.3, -0.25) is 9.78 Å². The summed E-state index contributed by atoms with van der Waals surface area (Å²) in [5.41, 5.74) is 1.78. The van der Waals surface area contributed by atoms with E-state index in [9.17, 15) is 4.79 Å². The largest absolute Gasteiger partial charge is 0.490 e. The summed E-state index contributed by atoms with van der Waals surface area (Å²) in [6.07, 6.45) is 5.55. The lowest BCUT2D eigenvalue weighted by Crippen LogP contribution is -2.10. The molecule has 5 heteroatoms. The Morgan fingerprint density at radius 1 is 1.23 bits per heavy atom. The zero-order chi connectivity index (χ0) is 15.8. The molecule has 0 saturated carbocycles. The molecule has 0 aliphatic rings. The SMILES string of the molecule is CCOc1cc(/C=C/c2ccccn2)ccc1OC(=O)CCl. The molecule has 0 fully saturated rings. The topological polar surface area (TPSA) is 48.4 Å². The van der Waals surface area contributed by atoms with Crippen molar-refractivity contribution in [1.82, 2.24) is 4.98 Å². The molecule has 0 N–H and O–H groups in total. The Bertz CT molecular complexity index is 656. The van der Waals surface area contributed by atoms with Crippen molar-refractivity contribution < 1.29 is 14.3 Å². The molecule has 2 aromatic rings. The van der Waals surface area contributed by atoms with E-state index in [0.29, 0.717) is 18.1 Å². The molecule has 0 aliphatic heterocycles. The number of nitrogens with zero attached hydrogens (tertiary/aromatic N) is 1. The first-order valence-electron chi connectivity index (χ1n) is 6.85. The van der Waals surface area contributed by atoms with Crippen molar-refractivity contribution in [3.63, 3.8) is 0 Å². The summed E-state index contributed by atoms with van der Waals surface area (Å²) in [5, 5.41) is 0. The van der Waals surface area contributed by atoms with Gasteiger partial charge in [0, 0.05) is 6.20 Å². The van der Waals surface area contributed by atoms with Gasteiger partial charge in [-0.2, -0.15) is 0 Å². The van der Waals surface area contributed by atoms with E-state index in [1.165, 1.54) is 0 Å². The van der Waals surface area contributed by atoms with E-state index in [2.05, 4.69) is 4.98 Å². The average Bonchev–Trinajstić information content (AvgIpc) is 2.56. The first kappa shape index (κ1) is 16.0. The maximum Gasteiger partial charge on any atom is 0.326 e. The summed E-state index contributed by atoms with van der Waals surface area (Å²) in [7, 11) is 0. The first-order valence-corrected chi connectivity index (χ1v) is 7.39. The van der Waals surface area contributed by atoms with Crippen LogP contribution >= 0.6 is 11.6 Å². The normalized spacial score (nSPS) is 10.6. The number of benzene rings is 1. The van der Waals surface area contributed by atoms with Crippen molar-refractivity contribution in [3.05, 3.63) is 53.9 Å². The number of alkyl halides is 1. The maximum atomic E-state index is 11.3. The Labute approximate surface area is 134 Å².